The van der Waals surface area contributed by atoms with Crippen molar-refractivity contribution in [2.24, 2.45) is 5.92 Å². The van der Waals surface area contributed by atoms with Crippen LogP contribution in [-0.4, -0.2) is 0 Å². The van der Waals surface area contributed by atoms with Gasteiger partial charge in [-0.05, 0) is 69.5 Å². The molecule has 0 radical (unpaired) electrons. The van der Waals surface area contributed by atoms with Crippen LogP contribution in [0.2, 0.25) is 0 Å². The smallest absolute Gasteiger partial charge is 0.0407 e. The second-order valence-electron chi connectivity index (χ2n) is 5.41. The molecule has 3 aliphatic rings. The summed E-state index contributed by atoms with van der Waals surface area (Å²) in [4.78, 5) is 1.52. The summed E-state index contributed by atoms with van der Waals surface area (Å²) in [6.07, 6.45) is 4.80. The molecule has 1 aromatic carbocycles. The lowest BCUT2D eigenvalue weighted by Crippen LogP contribution is -1.95. The fraction of sp³-hybridized carbons (Fsp3) is 0.250. The van der Waals surface area contributed by atoms with Gasteiger partial charge >= 0.3 is 0 Å². The number of rotatable bonds is 0. The Balaban J connectivity index is 1.72. The van der Waals surface area contributed by atoms with E-state index in [1.54, 1.807) is 16.7 Å². The number of hydrogen-bond acceptors (Lipinski definition) is 2. The standard InChI is InChI=1S/C16H12S2/c1-3-17-15-9(1)5-11-7-14-12(8-13(11)15)6-10-2-4-18-16(10)14/h1-4,7-9,15H,5-6H2. The maximum Gasteiger partial charge on any atom is 0.0407 e. The van der Waals surface area contributed by atoms with Crippen molar-refractivity contribution in [2.75, 3.05) is 0 Å². The predicted molar refractivity (Wildman–Crippen MR) is 79.2 cm³/mol. The van der Waals surface area contributed by atoms with Crippen molar-refractivity contribution in [3.8, 4) is 10.4 Å². The molecule has 0 amide bonds. The van der Waals surface area contributed by atoms with Crippen LogP contribution in [0.25, 0.3) is 10.4 Å². The normalized spacial score (nSPS) is 26.0. The Kier molecular flexibility index (Phi) is 1.82. The number of fused-ring (bicyclic) bond motifs is 6. The van der Waals surface area contributed by atoms with Crippen LogP contribution in [0.3, 0.4) is 0 Å². The average molecular weight is 268 g/mol. The first kappa shape index (κ1) is 9.88. The zero-order valence-corrected chi connectivity index (χ0v) is 11.5. The van der Waals surface area contributed by atoms with Gasteiger partial charge in [-0.2, -0.15) is 0 Å². The molecule has 0 bridgehead atoms. The van der Waals surface area contributed by atoms with Gasteiger partial charge in [0.2, 0.25) is 0 Å². The molecule has 0 fully saturated rings. The van der Waals surface area contributed by atoms with Crippen LogP contribution in [-0.2, 0) is 12.8 Å². The average Bonchev–Trinajstić information content (AvgIpc) is 3.04. The van der Waals surface area contributed by atoms with E-state index in [-0.39, 0.29) is 0 Å². The minimum atomic E-state index is 0.712. The molecule has 2 heteroatoms. The van der Waals surface area contributed by atoms with Crippen LogP contribution >= 0.6 is 23.1 Å². The zero-order valence-electron chi connectivity index (χ0n) is 9.85. The minimum Gasteiger partial charge on any atom is -0.144 e. The van der Waals surface area contributed by atoms with Gasteiger partial charge in [0, 0.05) is 10.1 Å². The highest BCUT2D eigenvalue weighted by Gasteiger charge is 2.35. The van der Waals surface area contributed by atoms with Crippen molar-refractivity contribution in [1.29, 1.82) is 0 Å². The van der Waals surface area contributed by atoms with Crippen LogP contribution in [0, 0.1) is 5.92 Å². The van der Waals surface area contributed by atoms with Gasteiger partial charge in [-0.15, -0.1) is 23.1 Å². The highest BCUT2D eigenvalue weighted by Crippen LogP contribution is 2.53. The van der Waals surface area contributed by atoms with Gasteiger partial charge in [-0.25, -0.2) is 0 Å². The summed E-state index contributed by atoms with van der Waals surface area (Å²) in [5.74, 6) is 0.760. The molecular formula is C16H12S2. The lowest BCUT2D eigenvalue weighted by molar-refractivity contribution is 0.702. The third-order valence-electron chi connectivity index (χ3n) is 4.44. The van der Waals surface area contributed by atoms with Gasteiger partial charge in [0.15, 0.2) is 0 Å². The molecule has 2 aromatic rings. The molecule has 0 N–H and O–H groups in total. The van der Waals surface area contributed by atoms with E-state index in [4.69, 9.17) is 0 Å². The number of hydrogen-bond donors (Lipinski definition) is 0. The molecule has 88 valence electrons. The van der Waals surface area contributed by atoms with E-state index in [9.17, 15) is 0 Å². The van der Waals surface area contributed by atoms with E-state index in [2.05, 4.69) is 35.1 Å². The number of benzene rings is 1. The van der Waals surface area contributed by atoms with Crippen LogP contribution in [0.4, 0.5) is 0 Å². The molecule has 18 heavy (non-hydrogen) atoms. The fourth-order valence-electron chi connectivity index (χ4n) is 3.59. The Bertz CT molecular complexity index is 693. The maximum absolute atomic E-state index is 2.50. The van der Waals surface area contributed by atoms with Crippen LogP contribution in [0.1, 0.15) is 27.5 Å². The lowest BCUT2D eigenvalue weighted by atomic mass is 10.0. The Morgan fingerprint density at radius 2 is 2.11 bits per heavy atom. The van der Waals surface area contributed by atoms with Crippen molar-refractivity contribution in [2.45, 2.75) is 18.1 Å². The van der Waals surface area contributed by atoms with E-state index in [1.165, 1.54) is 22.4 Å². The Labute approximate surface area is 115 Å². The highest BCUT2D eigenvalue weighted by atomic mass is 32.2. The molecule has 2 atom stereocenters. The predicted octanol–water partition coefficient (Wildman–Crippen LogP) is 4.79. The summed E-state index contributed by atoms with van der Waals surface area (Å²) in [5, 5.41) is 5.24. The number of allylic oxidation sites excluding steroid dienone is 1. The molecular weight excluding hydrogens is 256 g/mol. The minimum absolute atomic E-state index is 0.712. The molecule has 2 unspecified atom stereocenters. The molecule has 2 heterocycles. The van der Waals surface area contributed by atoms with Crippen LogP contribution < -0.4 is 0 Å². The molecule has 0 nitrogen and oxygen atoms in total. The summed E-state index contributed by atoms with van der Waals surface area (Å²) in [5.41, 5.74) is 7.83. The second-order valence-corrected chi connectivity index (χ2v) is 7.38. The summed E-state index contributed by atoms with van der Waals surface area (Å²) >= 11 is 3.91. The molecule has 1 aromatic heterocycles. The summed E-state index contributed by atoms with van der Waals surface area (Å²) < 4.78 is 0. The van der Waals surface area contributed by atoms with Crippen molar-refractivity contribution >= 4 is 23.1 Å². The highest BCUT2D eigenvalue weighted by molar-refractivity contribution is 8.02. The SMILES string of the molecule is C1=CC2Cc3cc4c(cc3C2S1)Cc1ccsc1-4. The van der Waals surface area contributed by atoms with Crippen molar-refractivity contribution < 1.29 is 0 Å². The monoisotopic (exact) mass is 268 g/mol. The van der Waals surface area contributed by atoms with E-state index < -0.39 is 0 Å². The van der Waals surface area contributed by atoms with Crippen molar-refractivity contribution in [3.63, 3.8) is 0 Å². The first-order valence-electron chi connectivity index (χ1n) is 6.45. The van der Waals surface area contributed by atoms with E-state index in [1.807, 2.05) is 23.1 Å². The summed E-state index contributed by atoms with van der Waals surface area (Å²) in [7, 11) is 0. The lowest BCUT2D eigenvalue weighted by Gasteiger charge is -2.10. The first-order valence-corrected chi connectivity index (χ1v) is 8.27. The molecule has 1 aliphatic heterocycles. The Morgan fingerprint density at radius 1 is 1.11 bits per heavy atom. The molecule has 0 saturated carbocycles. The molecule has 0 saturated heterocycles. The third kappa shape index (κ3) is 1.13. The van der Waals surface area contributed by atoms with Gasteiger partial charge < -0.3 is 0 Å². The van der Waals surface area contributed by atoms with Gasteiger partial charge in [-0.1, -0.05) is 12.1 Å². The van der Waals surface area contributed by atoms with Gasteiger partial charge in [0.1, 0.15) is 0 Å². The second kappa shape index (κ2) is 3.31. The Morgan fingerprint density at radius 3 is 3.11 bits per heavy atom. The molecule has 0 spiro atoms. The first-order chi connectivity index (χ1) is 8.90. The van der Waals surface area contributed by atoms with Crippen LogP contribution in [0.5, 0.6) is 0 Å². The van der Waals surface area contributed by atoms with Gasteiger partial charge in [0.25, 0.3) is 0 Å². The molecule has 5 rings (SSSR count). The zero-order chi connectivity index (χ0) is 11.7. The van der Waals surface area contributed by atoms with Gasteiger partial charge in [0.05, 0.1) is 0 Å². The molecule has 2 aliphatic carbocycles. The third-order valence-corrected chi connectivity index (χ3v) is 6.64. The number of thiophene rings is 1. The largest absolute Gasteiger partial charge is 0.144 e. The van der Waals surface area contributed by atoms with E-state index in [0.29, 0.717) is 5.25 Å². The quantitative estimate of drug-likeness (QED) is 0.564. The summed E-state index contributed by atoms with van der Waals surface area (Å²) in [6.45, 7) is 0. The fourth-order valence-corrected chi connectivity index (χ4v) is 5.78. The van der Waals surface area contributed by atoms with Crippen molar-refractivity contribution in [3.05, 3.63) is 57.3 Å². The van der Waals surface area contributed by atoms with Gasteiger partial charge in [-0.3, -0.25) is 0 Å². The maximum atomic E-state index is 2.50. The Hall–Kier alpha value is -0.990. The van der Waals surface area contributed by atoms with E-state index >= 15 is 0 Å². The van der Waals surface area contributed by atoms with Crippen LogP contribution in [0.15, 0.2) is 35.1 Å². The van der Waals surface area contributed by atoms with Crippen molar-refractivity contribution in [1.82, 2.24) is 0 Å². The summed E-state index contributed by atoms with van der Waals surface area (Å²) in [6, 6.07) is 7.28. The van der Waals surface area contributed by atoms with E-state index in [0.717, 1.165) is 12.3 Å². The topological polar surface area (TPSA) is 0 Å². The number of thioether (sulfide) groups is 1.